The summed E-state index contributed by atoms with van der Waals surface area (Å²) in [7, 11) is 0. The van der Waals surface area contributed by atoms with Crippen LogP contribution < -0.4 is 27.4 Å². The maximum atomic E-state index is 12.3. The van der Waals surface area contributed by atoms with Gasteiger partial charge >= 0.3 is 11.9 Å². The summed E-state index contributed by atoms with van der Waals surface area (Å²) >= 11 is 3.97. The normalized spacial score (nSPS) is 14.7. The average molecular weight is 450 g/mol. The summed E-state index contributed by atoms with van der Waals surface area (Å²) < 4.78 is 0. The second-order valence-corrected chi connectivity index (χ2v) is 7.06. The molecule has 0 aliphatic rings. The molecule has 0 aromatic carbocycles. The van der Waals surface area contributed by atoms with Crippen molar-refractivity contribution < 1.29 is 34.2 Å². The Morgan fingerprint density at radius 1 is 0.900 bits per heavy atom. The summed E-state index contributed by atoms with van der Waals surface area (Å²) in [6.45, 7) is 1.89. The van der Waals surface area contributed by atoms with Crippen LogP contribution in [0, 0.1) is 0 Å². The lowest BCUT2D eigenvalue weighted by molar-refractivity contribution is -0.143. The lowest BCUT2D eigenvalue weighted by atomic mass is 10.1. The molecule has 30 heavy (non-hydrogen) atoms. The number of hydrogen-bond donors (Lipinski definition) is 8. The summed E-state index contributed by atoms with van der Waals surface area (Å²) in [6, 6.07) is -4.43. The van der Waals surface area contributed by atoms with Gasteiger partial charge in [0.2, 0.25) is 17.7 Å². The predicted octanol–water partition coefficient (Wildman–Crippen LogP) is -2.20. The van der Waals surface area contributed by atoms with Crippen LogP contribution in [0.2, 0.25) is 0 Å². The summed E-state index contributed by atoms with van der Waals surface area (Å²) in [5, 5.41) is 24.7. The number of nitrogens with one attached hydrogen (secondary N) is 3. The van der Waals surface area contributed by atoms with E-state index in [2.05, 4.69) is 28.6 Å². The Morgan fingerprint density at radius 2 is 1.50 bits per heavy atom. The molecule has 0 fully saturated rings. The predicted molar refractivity (Wildman–Crippen MR) is 111 cm³/mol. The Hall–Kier alpha value is -2.38. The van der Waals surface area contributed by atoms with Crippen LogP contribution in [-0.2, 0) is 24.0 Å². The highest BCUT2D eigenvalue weighted by atomic mass is 32.1. The van der Waals surface area contributed by atoms with Gasteiger partial charge in [-0.25, -0.2) is 4.79 Å². The summed E-state index contributed by atoms with van der Waals surface area (Å²) in [6.07, 6.45) is 1.02. The highest BCUT2D eigenvalue weighted by molar-refractivity contribution is 7.80. The molecule has 0 heterocycles. The van der Waals surface area contributed by atoms with Crippen LogP contribution in [0.1, 0.15) is 39.0 Å². The maximum absolute atomic E-state index is 12.3. The largest absolute Gasteiger partial charge is 0.481 e. The number of thiol groups is 1. The highest BCUT2D eigenvalue weighted by Crippen LogP contribution is 2.01. The number of hydrogen-bond acceptors (Lipinski definition) is 8. The van der Waals surface area contributed by atoms with E-state index >= 15 is 0 Å². The second kappa shape index (κ2) is 14.6. The fourth-order valence-corrected chi connectivity index (χ4v) is 2.57. The topological polar surface area (TPSA) is 214 Å². The van der Waals surface area contributed by atoms with Crippen molar-refractivity contribution in [3.63, 3.8) is 0 Å². The average Bonchev–Trinajstić information content (AvgIpc) is 2.68. The zero-order valence-corrected chi connectivity index (χ0v) is 17.7. The number of carboxylic acids is 2. The molecule has 0 bridgehead atoms. The Labute approximate surface area is 179 Å². The van der Waals surface area contributed by atoms with Crippen molar-refractivity contribution in [2.45, 2.75) is 63.2 Å². The van der Waals surface area contributed by atoms with E-state index in [1.54, 1.807) is 0 Å². The minimum absolute atomic E-state index is 0.151. The van der Waals surface area contributed by atoms with Crippen LogP contribution in [0.5, 0.6) is 0 Å². The molecule has 0 radical (unpaired) electrons. The number of unbranched alkanes of at least 4 members (excludes halogenated alkanes) is 1. The van der Waals surface area contributed by atoms with Gasteiger partial charge in [0, 0.05) is 12.2 Å². The zero-order chi connectivity index (χ0) is 23.3. The van der Waals surface area contributed by atoms with Crippen molar-refractivity contribution in [3.8, 4) is 0 Å². The number of carboxylic acid groups (broad SMARTS) is 2. The van der Waals surface area contributed by atoms with Gasteiger partial charge in [-0.1, -0.05) is 6.42 Å². The maximum Gasteiger partial charge on any atom is 0.326 e. The van der Waals surface area contributed by atoms with Gasteiger partial charge in [0.1, 0.15) is 18.1 Å². The fourth-order valence-electron chi connectivity index (χ4n) is 2.31. The molecule has 0 aliphatic heterocycles. The number of rotatable bonds is 15. The molecule has 13 heteroatoms. The van der Waals surface area contributed by atoms with E-state index in [4.69, 9.17) is 21.7 Å². The quantitative estimate of drug-likeness (QED) is 0.100. The summed E-state index contributed by atoms with van der Waals surface area (Å²) in [5.74, 6) is -4.82. The molecule has 3 amide bonds. The molecular formula is C17H31N5O7S. The minimum Gasteiger partial charge on any atom is -0.481 e. The highest BCUT2D eigenvalue weighted by Gasteiger charge is 2.28. The molecule has 0 aliphatic carbocycles. The van der Waals surface area contributed by atoms with Crippen molar-refractivity contribution in [2.75, 3.05) is 12.3 Å². The fraction of sp³-hybridized carbons (Fsp3) is 0.706. The third-order valence-electron chi connectivity index (χ3n) is 4.14. The van der Waals surface area contributed by atoms with Crippen molar-refractivity contribution in [3.05, 3.63) is 0 Å². The molecule has 9 N–H and O–H groups in total. The van der Waals surface area contributed by atoms with E-state index in [0.717, 1.165) is 6.42 Å². The zero-order valence-electron chi connectivity index (χ0n) is 16.8. The standard InChI is InChI=1S/C17H31N5O7S/c1-9(20-15(26)10(19)4-2-3-7-18)14(25)22-12(8-30)16(27)21-11(17(28)29)5-6-13(23)24/h9-12,30H,2-8,18-19H2,1H3,(H,20,26)(H,21,27)(H,22,25)(H,23,24)(H,28,29). The summed E-state index contributed by atoms with van der Waals surface area (Å²) in [5.41, 5.74) is 11.1. The number of nitrogens with two attached hydrogens (primary N) is 2. The molecule has 0 aromatic heterocycles. The molecule has 4 atom stereocenters. The molecule has 0 saturated heterocycles. The number of aliphatic carboxylic acids is 2. The summed E-state index contributed by atoms with van der Waals surface area (Å²) in [4.78, 5) is 58.4. The molecule has 0 aromatic rings. The third-order valence-corrected chi connectivity index (χ3v) is 4.50. The van der Waals surface area contributed by atoms with Crippen LogP contribution in [0.3, 0.4) is 0 Å². The van der Waals surface area contributed by atoms with Crippen molar-refractivity contribution in [1.29, 1.82) is 0 Å². The first-order valence-electron chi connectivity index (χ1n) is 9.45. The molecule has 12 nitrogen and oxygen atoms in total. The van der Waals surface area contributed by atoms with E-state index in [1.165, 1.54) is 6.92 Å². The molecule has 0 rings (SSSR count). The van der Waals surface area contributed by atoms with Crippen LogP contribution in [0.25, 0.3) is 0 Å². The number of carbonyl (C=O) groups is 5. The van der Waals surface area contributed by atoms with Gasteiger partial charge in [-0.3, -0.25) is 19.2 Å². The lowest BCUT2D eigenvalue weighted by Crippen LogP contribution is -2.57. The smallest absolute Gasteiger partial charge is 0.326 e. The van der Waals surface area contributed by atoms with Gasteiger partial charge in [-0.05, 0) is 32.7 Å². The van der Waals surface area contributed by atoms with Gasteiger partial charge in [0.05, 0.1) is 6.04 Å². The molecule has 4 unspecified atom stereocenters. The van der Waals surface area contributed by atoms with E-state index in [1.807, 2.05) is 0 Å². The van der Waals surface area contributed by atoms with Crippen molar-refractivity contribution >= 4 is 42.3 Å². The first-order chi connectivity index (χ1) is 14.0. The lowest BCUT2D eigenvalue weighted by Gasteiger charge is -2.22. The number of carbonyl (C=O) groups excluding carboxylic acids is 3. The minimum atomic E-state index is -1.43. The van der Waals surface area contributed by atoms with Crippen LogP contribution in [0.15, 0.2) is 0 Å². The van der Waals surface area contributed by atoms with E-state index < -0.39 is 60.2 Å². The van der Waals surface area contributed by atoms with E-state index in [9.17, 15) is 24.0 Å². The van der Waals surface area contributed by atoms with Gasteiger partial charge < -0.3 is 37.6 Å². The Kier molecular flexibility index (Phi) is 13.4. The Morgan fingerprint density at radius 3 is 2.00 bits per heavy atom. The van der Waals surface area contributed by atoms with E-state index in [0.29, 0.717) is 19.4 Å². The van der Waals surface area contributed by atoms with Crippen molar-refractivity contribution in [1.82, 2.24) is 16.0 Å². The van der Waals surface area contributed by atoms with Gasteiger partial charge in [-0.15, -0.1) is 0 Å². The second-order valence-electron chi connectivity index (χ2n) is 6.70. The Bertz CT molecular complexity index is 619. The molecule has 0 saturated carbocycles. The molecular weight excluding hydrogens is 418 g/mol. The van der Waals surface area contributed by atoms with Gasteiger partial charge in [0.15, 0.2) is 0 Å². The van der Waals surface area contributed by atoms with Crippen LogP contribution in [0.4, 0.5) is 0 Å². The number of amides is 3. The first-order valence-corrected chi connectivity index (χ1v) is 10.1. The SMILES string of the molecule is CC(NC(=O)C(N)CCCCN)C(=O)NC(CS)C(=O)NC(CCC(=O)O)C(=O)O. The Balaban J connectivity index is 4.75. The monoisotopic (exact) mass is 449 g/mol. The van der Waals surface area contributed by atoms with Crippen LogP contribution in [-0.4, -0.2) is 76.3 Å². The molecule has 0 spiro atoms. The van der Waals surface area contributed by atoms with Crippen LogP contribution >= 0.6 is 12.6 Å². The third kappa shape index (κ3) is 11.0. The van der Waals surface area contributed by atoms with Gasteiger partial charge in [-0.2, -0.15) is 12.6 Å². The first kappa shape index (κ1) is 27.6. The molecule has 172 valence electrons. The van der Waals surface area contributed by atoms with Gasteiger partial charge in [0.25, 0.3) is 0 Å². The van der Waals surface area contributed by atoms with Crippen molar-refractivity contribution in [2.24, 2.45) is 11.5 Å². The van der Waals surface area contributed by atoms with E-state index in [-0.39, 0.29) is 12.2 Å².